The molecule has 1 amide bonds. The van der Waals surface area contributed by atoms with Gasteiger partial charge in [-0.15, -0.1) is 0 Å². The number of likely N-dealkylation sites (tertiary alicyclic amines) is 1. The van der Waals surface area contributed by atoms with Crippen molar-refractivity contribution in [2.24, 2.45) is 11.8 Å². The Labute approximate surface area is 210 Å². The number of nitrogens with one attached hydrogen (secondary N) is 1. The standard InChI is InChI=1S/C30H31F3N2O/c31-30(32,33)25-13-7-8-21(16-25)18-35-19-24-14-15-28(27(24)20-35)34-29(36)17-26(22-9-3-1-4-10-22)23-11-5-2-6-12-23/h1-13,16,24,26-28H,14-15,17-20H2,(H,34,36)/t24-,27-,28-/m1/s1. The van der Waals surface area contributed by atoms with Gasteiger partial charge in [-0.3, -0.25) is 9.69 Å². The van der Waals surface area contributed by atoms with Crippen LogP contribution >= 0.6 is 0 Å². The number of amides is 1. The molecule has 1 saturated heterocycles. The average molecular weight is 493 g/mol. The van der Waals surface area contributed by atoms with Crippen molar-refractivity contribution < 1.29 is 18.0 Å². The first-order chi connectivity index (χ1) is 17.4. The Morgan fingerprint density at radius 2 is 1.56 bits per heavy atom. The second-order valence-electron chi connectivity index (χ2n) is 10.1. The first-order valence-corrected chi connectivity index (χ1v) is 12.6. The maximum atomic E-state index is 13.2. The van der Waals surface area contributed by atoms with Crippen LogP contribution in [0.15, 0.2) is 84.9 Å². The summed E-state index contributed by atoms with van der Waals surface area (Å²) in [5.74, 6) is 0.854. The minimum Gasteiger partial charge on any atom is -0.353 e. The van der Waals surface area contributed by atoms with Crippen LogP contribution in [0.25, 0.3) is 0 Å². The van der Waals surface area contributed by atoms with Gasteiger partial charge in [0, 0.05) is 38.0 Å². The van der Waals surface area contributed by atoms with Gasteiger partial charge < -0.3 is 5.32 Å². The second kappa shape index (κ2) is 10.5. The fraction of sp³-hybridized carbons (Fsp3) is 0.367. The molecule has 0 aromatic heterocycles. The molecule has 188 valence electrons. The summed E-state index contributed by atoms with van der Waals surface area (Å²) in [4.78, 5) is 15.5. The van der Waals surface area contributed by atoms with Crippen molar-refractivity contribution in [3.63, 3.8) is 0 Å². The molecule has 36 heavy (non-hydrogen) atoms. The SMILES string of the molecule is O=C(CC(c1ccccc1)c1ccccc1)N[C@@H]1CC[C@@H]2CN(Cc3cccc(C(F)(F)F)c3)C[C@H]21. The van der Waals surface area contributed by atoms with E-state index in [9.17, 15) is 18.0 Å². The van der Waals surface area contributed by atoms with Crippen LogP contribution in [-0.2, 0) is 17.5 Å². The first kappa shape index (κ1) is 24.6. The van der Waals surface area contributed by atoms with Gasteiger partial charge in [-0.05, 0) is 47.4 Å². The van der Waals surface area contributed by atoms with Crippen molar-refractivity contribution in [2.45, 2.75) is 43.9 Å². The Hall–Kier alpha value is -3.12. The molecule has 3 atom stereocenters. The lowest BCUT2D eigenvalue weighted by molar-refractivity contribution is -0.137. The first-order valence-electron chi connectivity index (χ1n) is 12.6. The number of nitrogens with zero attached hydrogens (tertiary/aromatic N) is 1. The van der Waals surface area contributed by atoms with E-state index < -0.39 is 11.7 Å². The van der Waals surface area contributed by atoms with Crippen LogP contribution in [0.5, 0.6) is 0 Å². The van der Waals surface area contributed by atoms with Crippen LogP contribution in [0.3, 0.4) is 0 Å². The van der Waals surface area contributed by atoms with Crippen molar-refractivity contribution in [3.05, 3.63) is 107 Å². The molecule has 1 N–H and O–H groups in total. The number of benzene rings is 3. The highest BCUT2D eigenvalue weighted by Crippen LogP contribution is 2.39. The highest BCUT2D eigenvalue weighted by molar-refractivity contribution is 5.78. The molecule has 0 spiro atoms. The summed E-state index contributed by atoms with van der Waals surface area (Å²) in [7, 11) is 0. The van der Waals surface area contributed by atoms with Gasteiger partial charge in [-0.25, -0.2) is 0 Å². The van der Waals surface area contributed by atoms with Gasteiger partial charge >= 0.3 is 6.18 Å². The van der Waals surface area contributed by atoms with E-state index in [2.05, 4.69) is 34.5 Å². The normalized spacial score (nSPS) is 22.1. The third-order valence-corrected chi connectivity index (χ3v) is 7.73. The Morgan fingerprint density at radius 3 is 2.19 bits per heavy atom. The third-order valence-electron chi connectivity index (χ3n) is 7.73. The van der Waals surface area contributed by atoms with Crippen molar-refractivity contribution in [1.29, 1.82) is 0 Å². The number of fused-ring (bicyclic) bond motifs is 1. The minimum atomic E-state index is -4.33. The zero-order valence-electron chi connectivity index (χ0n) is 20.1. The number of rotatable bonds is 7. The van der Waals surface area contributed by atoms with Gasteiger partial charge in [0.25, 0.3) is 0 Å². The van der Waals surface area contributed by atoms with E-state index in [0.29, 0.717) is 30.4 Å². The van der Waals surface area contributed by atoms with Crippen LogP contribution < -0.4 is 5.32 Å². The van der Waals surface area contributed by atoms with E-state index in [1.54, 1.807) is 6.07 Å². The molecule has 3 aromatic rings. The number of halogens is 3. The summed E-state index contributed by atoms with van der Waals surface area (Å²) in [5, 5.41) is 3.32. The molecular formula is C30H31F3N2O. The molecule has 1 aliphatic heterocycles. The minimum absolute atomic E-state index is 0.00872. The zero-order chi connectivity index (χ0) is 25.1. The van der Waals surface area contributed by atoms with Crippen molar-refractivity contribution in [3.8, 4) is 0 Å². The Bertz CT molecular complexity index is 1130. The molecule has 0 unspecified atom stereocenters. The van der Waals surface area contributed by atoms with E-state index >= 15 is 0 Å². The number of carbonyl (C=O) groups excluding carboxylic acids is 1. The zero-order valence-corrected chi connectivity index (χ0v) is 20.1. The maximum Gasteiger partial charge on any atom is 0.416 e. The number of hydrogen-bond acceptors (Lipinski definition) is 2. The number of carbonyl (C=O) groups is 1. The summed E-state index contributed by atoms with van der Waals surface area (Å²) in [6.45, 7) is 2.16. The van der Waals surface area contributed by atoms with Crippen LogP contribution in [0.1, 0.15) is 47.4 Å². The maximum absolute atomic E-state index is 13.2. The summed E-state index contributed by atoms with van der Waals surface area (Å²) < 4.78 is 39.3. The Morgan fingerprint density at radius 1 is 0.889 bits per heavy atom. The van der Waals surface area contributed by atoms with Crippen LogP contribution in [0.4, 0.5) is 13.2 Å². The van der Waals surface area contributed by atoms with Gasteiger partial charge in [0.1, 0.15) is 0 Å². The summed E-state index contributed by atoms with van der Waals surface area (Å²) in [6, 6.07) is 26.0. The predicted molar refractivity (Wildman–Crippen MR) is 134 cm³/mol. The molecule has 3 aromatic carbocycles. The molecule has 1 aliphatic carbocycles. The fourth-order valence-corrected chi connectivity index (χ4v) is 6.02. The molecular weight excluding hydrogens is 461 g/mol. The molecule has 2 fully saturated rings. The molecule has 0 radical (unpaired) electrons. The fourth-order valence-electron chi connectivity index (χ4n) is 6.02. The highest BCUT2D eigenvalue weighted by atomic mass is 19.4. The lowest BCUT2D eigenvalue weighted by Gasteiger charge is -2.24. The lowest BCUT2D eigenvalue weighted by atomic mass is 9.88. The second-order valence-corrected chi connectivity index (χ2v) is 10.1. The van der Waals surface area contributed by atoms with Crippen molar-refractivity contribution >= 4 is 5.91 Å². The predicted octanol–water partition coefficient (Wildman–Crippen LogP) is 6.25. The highest BCUT2D eigenvalue weighted by Gasteiger charge is 2.43. The quantitative estimate of drug-likeness (QED) is 0.423. The molecule has 3 nitrogen and oxygen atoms in total. The molecule has 1 saturated carbocycles. The average Bonchev–Trinajstić information content (AvgIpc) is 3.44. The van der Waals surface area contributed by atoms with Gasteiger partial charge in [0.05, 0.1) is 5.56 Å². The summed E-state index contributed by atoms with van der Waals surface area (Å²) in [6.07, 6.45) is -1.95. The van der Waals surface area contributed by atoms with Gasteiger partial charge in [-0.2, -0.15) is 13.2 Å². The molecule has 2 aliphatic rings. The van der Waals surface area contributed by atoms with E-state index in [-0.39, 0.29) is 17.9 Å². The number of alkyl halides is 3. The van der Waals surface area contributed by atoms with Crippen molar-refractivity contribution in [2.75, 3.05) is 13.1 Å². The van der Waals surface area contributed by atoms with E-state index in [1.165, 1.54) is 12.1 Å². The molecule has 6 heteroatoms. The third kappa shape index (κ3) is 5.65. The number of hydrogen-bond donors (Lipinski definition) is 1. The van der Waals surface area contributed by atoms with Gasteiger partial charge in [0.15, 0.2) is 0 Å². The summed E-state index contributed by atoms with van der Waals surface area (Å²) in [5.41, 5.74) is 2.32. The smallest absolute Gasteiger partial charge is 0.353 e. The van der Waals surface area contributed by atoms with E-state index in [0.717, 1.165) is 43.1 Å². The summed E-state index contributed by atoms with van der Waals surface area (Å²) >= 11 is 0. The molecule has 0 bridgehead atoms. The lowest BCUT2D eigenvalue weighted by Crippen LogP contribution is -2.40. The van der Waals surface area contributed by atoms with Gasteiger partial charge in [0.2, 0.25) is 5.91 Å². The van der Waals surface area contributed by atoms with Crippen LogP contribution in [-0.4, -0.2) is 29.9 Å². The topological polar surface area (TPSA) is 32.3 Å². The van der Waals surface area contributed by atoms with Crippen LogP contribution in [0, 0.1) is 11.8 Å². The van der Waals surface area contributed by atoms with Gasteiger partial charge in [-0.1, -0.05) is 78.9 Å². The molecule has 5 rings (SSSR count). The monoisotopic (exact) mass is 492 g/mol. The molecule has 1 heterocycles. The largest absolute Gasteiger partial charge is 0.416 e. The van der Waals surface area contributed by atoms with E-state index in [1.807, 2.05) is 36.4 Å². The van der Waals surface area contributed by atoms with E-state index in [4.69, 9.17) is 0 Å². The Balaban J connectivity index is 1.21. The Kier molecular flexibility index (Phi) is 7.15. The van der Waals surface area contributed by atoms with Crippen molar-refractivity contribution in [1.82, 2.24) is 10.2 Å². The van der Waals surface area contributed by atoms with Crippen LogP contribution in [0.2, 0.25) is 0 Å².